The number of hydrogen-bond donors (Lipinski definition) is 2. The lowest BCUT2D eigenvalue weighted by atomic mass is 10.3. The minimum atomic E-state index is -3.47. The molecular weight excluding hydrogens is 308 g/mol. The monoisotopic (exact) mass is 328 g/mol. The molecule has 0 amide bonds. The molecule has 0 aliphatic carbocycles. The summed E-state index contributed by atoms with van der Waals surface area (Å²) < 4.78 is 29.2. The number of aryl methyl sites for hydroxylation is 1. The van der Waals surface area contributed by atoms with Gasteiger partial charge in [-0.2, -0.15) is 0 Å². The Hall–Kier alpha value is -1.22. The zero-order valence-corrected chi connectivity index (χ0v) is 13.8. The first-order valence-corrected chi connectivity index (χ1v) is 9.08. The van der Waals surface area contributed by atoms with Crippen molar-refractivity contribution in [2.75, 3.05) is 13.1 Å². The van der Waals surface area contributed by atoms with Gasteiger partial charge in [-0.1, -0.05) is 6.92 Å². The normalized spacial score (nSPS) is 11.9. The van der Waals surface area contributed by atoms with E-state index in [1.165, 1.54) is 11.3 Å². The van der Waals surface area contributed by atoms with Gasteiger partial charge in [-0.05, 0) is 31.6 Å². The van der Waals surface area contributed by atoms with Crippen LogP contribution in [0.3, 0.4) is 0 Å². The lowest BCUT2D eigenvalue weighted by molar-refractivity contribution is 0.579. The highest BCUT2D eigenvalue weighted by molar-refractivity contribution is 7.91. The fourth-order valence-electron chi connectivity index (χ4n) is 1.82. The Kier molecular flexibility index (Phi) is 5.51. The molecule has 0 aromatic carbocycles. The van der Waals surface area contributed by atoms with Crippen molar-refractivity contribution in [3.05, 3.63) is 35.2 Å². The van der Waals surface area contributed by atoms with Crippen LogP contribution in [0.4, 0.5) is 0 Å². The Labute approximate surface area is 129 Å². The van der Waals surface area contributed by atoms with Crippen LogP contribution in [0.15, 0.2) is 28.7 Å². The van der Waals surface area contributed by atoms with Crippen LogP contribution in [0, 0.1) is 0 Å². The highest BCUT2D eigenvalue weighted by Crippen LogP contribution is 2.21. The van der Waals surface area contributed by atoms with Gasteiger partial charge in [0.25, 0.3) is 0 Å². The van der Waals surface area contributed by atoms with Gasteiger partial charge in [0, 0.05) is 24.3 Å². The van der Waals surface area contributed by atoms with Crippen molar-refractivity contribution in [1.29, 1.82) is 0 Å². The Bertz CT molecular complexity index is 676. The number of likely N-dealkylation sites (N-methyl/N-ethyl adjacent to an activating group) is 1. The first-order valence-electron chi connectivity index (χ1n) is 6.78. The van der Waals surface area contributed by atoms with Crippen LogP contribution in [0.1, 0.15) is 17.6 Å². The van der Waals surface area contributed by atoms with Gasteiger partial charge in [0.15, 0.2) is 0 Å². The van der Waals surface area contributed by atoms with E-state index in [9.17, 15) is 8.42 Å². The fraction of sp³-hybridized carbons (Fsp3) is 0.462. The van der Waals surface area contributed by atoms with Crippen molar-refractivity contribution in [3.8, 4) is 0 Å². The van der Waals surface area contributed by atoms with Crippen LogP contribution in [-0.4, -0.2) is 31.1 Å². The number of aromatic nitrogens is 2. The van der Waals surface area contributed by atoms with Gasteiger partial charge in [0.1, 0.15) is 10.0 Å². The van der Waals surface area contributed by atoms with Crippen LogP contribution in [-0.2, 0) is 30.0 Å². The molecule has 8 heteroatoms. The maximum absolute atomic E-state index is 12.2. The quantitative estimate of drug-likeness (QED) is 0.712. The van der Waals surface area contributed by atoms with E-state index in [1.807, 2.05) is 20.0 Å². The third kappa shape index (κ3) is 4.37. The molecule has 0 radical (unpaired) electrons. The molecular formula is C13H20N4O2S2. The minimum Gasteiger partial charge on any atom is -0.337 e. The molecule has 6 nitrogen and oxygen atoms in total. The van der Waals surface area contributed by atoms with Crippen LogP contribution in [0.5, 0.6) is 0 Å². The molecule has 0 atom stereocenters. The van der Waals surface area contributed by atoms with Crippen LogP contribution in [0.25, 0.3) is 0 Å². The van der Waals surface area contributed by atoms with Crippen molar-refractivity contribution in [3.63, 3.8) is 0 Å². The smallest absolute Gasteiger partial charge is 0.250 e. The SMILES string of the molecule is CCNCCc1ccc(S(=O)(=O)NCc2nccn2C)s1. The van der Waals surface area contributed by atoms with Crippen molar-refractivity contribution in [2.24, 2.45) is 7.05 Å². The van der Waals surface area contributed by atoms with E-state index in [2.05, 4.69) is 15.0 Å². The lowest BCUT2D eigenvalue weighted by Crippen LogP contribution is -2.24. The first-order chi connectivity index (χ1) is 10.0. The topological polar surface area (TPSA) is 76.0 Å². The van der Waals surface area contributed by atoms with Crippen molar-refractivity contribution in [2.45, 2.75) is 24.1 Å². The van der Waals surface area contributed by atoms with E-state index < -0.39 is 10.0 Å². The minimum absolute atomic E-state index is 0.191. The summed E-state index contributed by atoms with van der Waals surface area (Å²) >= 11 is 1.31. The molecule has 2 heterocycles. The van der Waals surface area contributed by atoms with Gasteiger partial charge < -0.3 is 9.88 Å². The molecule has 2 rings (SSSR count). The molecule has 2 aromatic rings. The van der Waals surface area contributed by atoms with E-state index in [0.29, 0.717) is 10.0 Å². The molecule has 0 bridgehead atoms. The molecule has 0 fully saturated rings. The Morgan fingerprint density at radius 1 is 1.38 bits per heavy atom. The average Bonchev–Trinajstić information content (AvgIpc) is 3.06. The summed E-state index contributed by atoms with van der Waals surface area (Å²) in [4.78, 5) is 5.16. The number of hydrogen-bond acceptors (Lipinski definition) is 5. The first kappa shape index (κ1) is 16.2. The average molecular weight is 328 g/mol. The lowest BCUT2D eigenvalue weighted by Gasteiger charge is -2.04. The van der Waals surface area contributed by atoms with E-state index >= 15 is 0 Å². The van der Waals surface area contributed by atoms with E-state index in [-0.39, 0.29) is 6.54 Å². The summed E-state index contributed by atoms with van der Waals surface area (Å²) in [6.45, 7) is 4.02. The third-order valence-corrected chi connectivity index (χ3v) is 6.08. The molecule has 116 valence electrons. The van der Waals surface area contributed by atoms with Gasteiger partial charge in [0.2, 0.25) is 10.0 Å². The molecule has 0 aliphatic heterocycles. The predicted molar refractivity (Wildman–Crippen MR) is 83.8 cm³/mol. The summed E-state index contributed by atoms with van der Waals surface area (Å²) in [5, 5.41) is 3.23. The molecule has 21 heavy (non-hydrogen) atoms. The Morgan fingerprint density at radius 3 is 2.86 bits per heavy atom. The van der Waals surface area contributed by atoms with Crippen molar-refractivity contribution < 1.29 is 8.42 Å². The van der Waals surface area contributed by atoms with E-state index in [0.717, 1.165) is 24.4 Å². The second-order valence-corrected chi connectivity index (χ2v) is 7.77. The molecule has 0 aliphatic rings. The zero-order chi connectivity index (χ0) is 15.3. The number of sulfonamides is 1. The van der Waals surface area contributed by atoms with Gasteiger partial charge >= 0.3 is 0 Å². The summed E-state index contributed by atoms with van der Waals surface area (Å²) in [7, 11) is -1.63. The molecule has 0 saturated heterocycles. The second kappa shape index (κ2) is 7.17. The number of thiophene rings is 1. The van der Waals surface area contributed by atoms with Gasteiger partial charge in [-0.3, -0.25) is 0 Å². The van der Waals surface area contributed by atoms with Crippen LogP contribution < -0.4 is 10.0 Å². The number of nitrogens with zero attached hydrogens (tertiary/aromatic N) is 2. The van der Waals surface area contributed by atoms with Gasteiger partial charge in [-0.25, -0.2) is 18.1 Å². The number of rotatable bonds is 8. The van der Waals surface area contributed by atoms with Gasteiger partial charge in [-0.15, -0.1) is 11.3 Å². The highest BCUT2D eigenvalue weighted by atomic mass is 32.2. The van der Waals surface area contributed by atoms with Crippen molar-refractivity contribution in [1.82, 2.24) is 19.6 Å². The summed E-state index contributed by atoms with van der Waals surface area (Å²) in [6, 6.07) is 3.53. The van der Waals surface area contributed by atoms with Crippen LogP contribution >= 0.6 is 11.3 Å². The molecule has 2 aromatic heterocycles. The Balaban J connectivity index is 1.97. The molecule has 2 N–H and O–H groups in total. The highest BCUT2D eigenvalue weighted by Gasteiger charge is 2.17. The maximum Gasteiger partial charge on any atom is 0.250 e. The molecule has 0 spiro atoms. The van der Waals surface area contributed by atoms with E-state index in [1.54, 1.807) is 23.0 Å². The molecule has 0 saturated carbocycles. The Morgan fingerprint density at radius 2 is 2.19 bits per heavy atom. The van der Waals surface area contributed by atoms with Gasteiger partial charge in [0.05, 0.1) is 6.54 Å². The second-order valence-electron chi connectivity index (χ2n) is 4.60. The predicted octanol–water partition coefficient (Wildman–Crippen LogP) is 1.11. The fourth-order valence-corrected chi connectivity index (χ4v) is 4.20. The third-order valence-electron chi connectivity index (χ3n) is 3.04. The largest absolute Gasteiger partial charge is 0.337 e. The number of imidazole rings is 1. The molecule has 0 unspecified atom stereocenters. The summed E-state index contributed by atoms with van der Waals surface area (Å²) in [5.41, 5.74) is 0. The zero-order valence-electron chi connectivity index (χ0n) is 12.2. The van der Waals surface area contributed by atoms with Crippen molar-refractivity contribution >= 4 is 21.4 Å². The standard InChI is InChI=1S/C13H20N4O2S2/c1-3-14-7-6-11-4-5-13(20-11)21(18,19)16-10-12-15-8-9-17(12)2/h4-5,8-9,14,16H,3,6-7,10H2,1-2H3. The summed E-state index contributed by atoms with van der Waals surface area (Å²) in [6.07, 6.45) is 4.27. The maximum atomic E-state index is 12.2. The van der Waals surface area contributed by atoms with Crippen LogP contribution in [0.2, 0.25) is 0 Å². The number of nitrogens with one attached hydrogen (secondary N) is 2. The summed E-state index contributed by atoms with van der Waals surface area (Å²) in [5.74, 6) is 0.683. The van der Waals surface area contributed by atoms with E-state index in [4.69, 9.17) is 0 Å².